The Labute approximate surface area is 171 Å². The van der Waals surface area contributed by atoms with Crippen molar-refractivity contribution in [1.82, 2.24) is 0 Å². The van der Waals surface area contributed by atoms with Crippen LogP contribution in [0.1, 0.15) is 34.1 Å². The number of aliphatic hydroxyl groups is 3. The Balaban J connectivity index is 1.72. The summed E-state index contributed by atoms with van der Waals surface area (Å²) >= 11 is 0. The summed E-state index contributed by atoms with van der Waals surface area (Å²) in [5.41, 5.74) is -8.26. The summed E-state index contributed by atoms with van der Waals surface area (Å²) in [5.74, 6) is -4.32. The van der Waals surface area contributed by atoms with Crippen LogP contribution in [0.4, 0.5) is 0 Å². The Kier molecular flexibility index (Phi) is 2.97. The monoisotopic (exact) mass is 424 g/mol. The minimum atomic E-state index is -2.24. The molecule has 0 aromatic heterocycles. The number of rotatable bonds is 0. The van der Waals surface area contributed by atoms with E-state index in [0.29, 0.717) is 0 Å². The van der Waals surface area contributed by atoms with Gasteiger partial charge in [0.15, 0.2) is 17.8 Å². The third-order valence-corrected chi connectivity index (χ3v) is 9.00. The topological polar surface area (TPSA) is 149 Å². The molecule has 0 aromatic carbocycles. The van der Waals surface area contributed by atoms with Gasteiger partial charge in [0, 0.05) is 0 Å². The first-order chi connectivity index (χ1) is 13.8. The van der Waals surface area contributed by atoms with E-state index in [1.807, 2.05) is 20.8 Å². The largest absolute Gasteiger partial charge is 0.459 e. The average Bonchev–Trinajstić information content (AvgIpc) is 3.35. The molecular formula is C20H24O10. The number of fused-ring (bicyclic) bond motifs is 1. The molecule has 0 radical (unpaired) electrons. The highest BCUT2D eigenvalue weighted by molar-refractivity contribution is 5.94. The summed E-state index contributed by atoms with van der Waals surface area (Å²) in [6.45, 7) is 7.14. The maximum atomic E-state index is 13.4. The van der Waals surface area contributed by atoms with E-state index in [0.717, 1.165) is 0 Å². The highest BCUT2D eigenvalue weighted by atomic mass is 16.8. The van der Waals surface area contributed by atoms with Gasteiger partial charge in [0.1, 0.15) is 12.2 Å². The van der Waals surface area contributed by atoms with E-state index in [1.165, 1.54) is 6.92 Å². The number of esters is 3. The lowest BCUT2D eigenvalue weighted by Gasteiger charge is -2.47. The maximum absolute atomic E-state index is 13.4. The molecule has 164 valence electrons. The molecule has 2 spiro atoms. The molecule has 4 saturated heterocycles. The summed E-state index contributed by atoms with van der Waals surface area (Å²) in [6, 6.07) is 0. The first-order valence-electron chi connectivity index (χ1n) is 10.2. The number of carbonyl (C=O) groups excluding carboxylic acids is 3. The second kappa shape index (κ2) is 4.69. The SMILES string of the molecule is C[C@@H]1C(=O)O[C@H]2C(O)C34[C@H]5CC(C(C)(C)C)C36[C@@H](OC(=O)[C@@H]6O)O[C@@]4(C(=O)O5)[C@@]12O. The maximum Gasteiger partial charge on any atom is 0.343 e. The summed E-state index contributed by atoms with van der Waals surface area (Å²) in [5, 5.41) is 34.7. The minimum absolute atomic E-state index is 0.229. The van der Waals surface area contributed by atoms with Crippen molar-refractivity contribution in [3.63, 3.8) is 0 Å². The lowest BCUT2D eigenvalue weighted by Crippen LogP contribution is -2.67. The van der Waals surface area contributed by atoms with Crippen LogP contribution in [0.15, 0.2) is 0 Å². The van der Waals surface area contributed by atoms with Crippen LogP contribution in [0, 0.1) is 28.1 Å². The van der Waals surface area contributed by atoms with Gasteiger partial charge in [-0.2, -0.15) is 0 Å². The van der Waals surface area contributed by atoms with E-state index in [1.54, 1.807) is 0 Å². The summed E-state index contributed by atoms with van der Waals surface area (Å²) in [4.78, 5) is 38.2. The van der Waals surface area contributed by atoms with Crippen LogP contribution < -0.4 is 0 Å². The first-order valence-corrected chi connectivity index (χ1v) is 10.2. The van der Waals surface area contributed by atoms with Crippen molar-refractivity contribution in [1.29, 1.82) is 0 Å². The molecule has 6 fully saturated rings. The quantitative estimate of drug-likeness (QED) is 0.314. The van der Waals surface area contributed by atoms with Gasteiger partial charge in [-0.05, 0) is 24.7 Å². The molecule has 4 unspecified atom stereocenters. The van der Waals surface area contributed by atoms with Crippen LogP contribution in [-0.2, 0) is 33.3 Å². The number of aliphatic hydroxyl groups excluding tert-OH is 2. The molecule has 0 aromatic rings. The van der Waals surface area contributed by atoms with Crippen LogP contribution in [-0.4, -0.2) is 75.1 Å². The highest BCUT2D eigenvalue weighted by Crippen LogP contribution is 2.84. The zero-order valence-corrected chi connectivity index (χ0v) is 16.9. The molecule has 2 aliphatic carbocycles. The molecule has 2 saturated carbocycles. The van der Waals surface area contributed by atoms with Gasteiger partial charge in [-0.15, -0.1) is 0 Å². The fraction of sp³-hybridized carbons (Fsp3) is 0.850. The van der Waals surface area contributed by atoms with Crippen LogP contribution in [0.5, 0.6) is 0 Å². The highest BCUT2D eigenvalue weighted by Gasteiger charge is 3.03. The number of carbonyl (C=O) groups is 3. The van der Waals surface area contributed by atoms with Crippen LogP contribution >= 0.6 is 0 Å². The van der Waals surface area contributed by atoms with Crippen molar-refractivity contribution in [3.05, 3.63) is 0 Å². The van der Waals surface area contributed by atoms with Crippen molar-refractivity contribution in [2.45, 2.75) is 76.0 Å². The van der Waals surface area contributed by atoms with Gasteiger partial charge >= 0.3 is 17.9 Å². The molecule has 0 amide bonds. The van der Waals surface area contributed by atoms with E-state index in [-0.39, 0.29) is 6.42 Å². The number of hydrogen-bond acceptors (Lipinski definition) is 10. The molecule has 4 aliphatic heterocycles. The molecule has 4 heterocycles. The lowest BCUT2D eigenvalue weighted by atomic mass is 9.51. The van der Waals surface area contributed by atoms with Crippen LogP contribution in [0.2, 0.25) is 0 Å². The number of ether oxygens (including phenoxy) is 4. The molecule has 6 aliphatic rings. The molecule has 11 atom stereocenters. The van der Waals surface area contributed by atoms with Crippen molar-refractivity contribution >= 4 is 17.9 Å². The Bertz CT molecular complexity index is 925. The molecular weight excluding hydrogens is 400 g/mol. The van der Waals surface area contributed by atoms with E-state index >= 15 is 0 Å². The second-order valence-electron chi connectivity index (χ2n) is 10.7. The number of hydrogen-bond donors (Lipinski definition) is 3. The van der Waals surface area contributed by atoms with Crippen LogP contribution in [0.25, 0.3) is 0 Å². The molecule has 6 rings (SSSR count). The van der Waals surface area contributed by atoms with Crippen LogP contribution in [0.3, 0.4) is 0 Å². The fourth-order valence-electron chi connectivity index (χ4n) is 8.12. The van der Waals surface area contributed by atoms with Crippen molar-refractivity contribution in [3.8, 4) is 0 Å². The molecule has 10 heteroatoms. The van der Waals surface area contributed by atoms with Gasteiger partial charge in [0.2, 0.25) is 11.9 Å². The predicted octanol–water partition coefficient (Wildman–Crippen LogP) is -1.37. The Hall–Kier alpha value is -1.75. The zero-order chi connectivity index (χ0) is 21.8. The first kappa shape index (κ1) is 19.0. The summed E-state index contributed by atoms with van der Waals surface area (Å²) in [6.07, 6.45) is -6.91. The Morgan fingerprint density at radius 2 is 1.70 bits per heavy atom. The predicted molar refractivity (Wildman–Crippen MR) is 92.0 cm³/mol. The normalized spacial score (nSPS) is 60.1. The Morgan fingerprint density at radius 1 is 1.03 bits per heavy atom. The average molecular weight is 424 g/mol. The Morgan fingerprint density at radius 3 is 2.33 bits per heavy atom. The lowest BCUT2D eigenvalue weighted by molar-refractivity contribution is -0.239. The van der Waals surface area contributed by atoms with E-state index < -0.39 is 87.9 Å². The molecule has 30 heavy (non-hydrogen) atoms. The summed E-state index contributed by atoms with van der Waals surface area (Å²) in [7, 11) is 0. The standard InChI is InChI=1S/C20H24O10/c1-6-12(23)28-11-9(21)18-8-5-7(16(2,3)4)17(18)10(22)13(24)29-15(17)30-20(18,14(25)27-8)19(6,11)26/h6-11,15,21-22,26H,5H2,1-4H3/t6-,7?,8-,9?,10+,11+,15+,17?,18?,19-,20-/m1/s1. The zero-order valence-electron chi connectivity index (χ0n) is 16.9. The van der Waals surface area contributed by atoms with Gasteiger partial charge in [-0.1, -0.05) is 20.8 Å². The van der Waals surface area contributed by atoms with Crippen molar-refractivity contribution in [2.24, 2.45) is 28.1 Å². The smallest absolute Gasteiger partial charge is 0.343 e. The van der Waals surface area contributed by atoms with Gasteiger partial charge in [-0.25, -0.2) is 9.59 Å². The fourth-order valence-corrected chi connectivity index (χ4v) is 8.12. The van der Waals surface area contributed by atoms with E-state index in [4.69, 9.17) is 18.9 Å². The summed E-state index contributed by atoms with van der Waals surface area (Å²) < 4.78 is 22.5. The molecule has 10 nitrogen and oxygen atoms in total. The third-order valence-electron chi connectivity index (χ3n) is 9.00. The van der Waals surface area contributed by atoms with Crippen molar-refractivity contribution in [2.75, 3.05) is 0 Å². The van der Waals surface area contributed by atoms with Gasteiger partial charge in [-0.3, -0.25) is 4.79 Å². The third kappa shape index (κ3) is 1.33. The van der Waals surface area contributed by atoms with E-state index in [9.17, 15) is 29.7 Å². The van der Waals surface area contributed by atoms with Gasteiger partial charge in [0.25, 0.3) is 0 Å². The van der Waals surface area contributed by atoms with E-state index in [2.05, 4.69) is 0 Å². The second-order valence-corrected chi connectivity index (χ2v) is 10.7. The minimum Gasteiger partial charge on any atom is -0.459 e. The molecule has 0 bridgehead atoms. The van der Waals surface area contributed by atoms with Crippen molar-refractivity contribution < 1.29 is 48.7 Å². The van der Waals surface area contributed by atoms with Gasteiger partial charge < -0.3 is 34.3 Å². The molecule has 3 N–H and O–H groups in total. The van der Waals surface area contributed by atoms with Gasteiger partial charge in [0.05, 0.1) is 16.7 Å².